The number of rotatable bonds is 8. The molecule has 0 aliphatic rings. The number of hydrogen-bond acceptors (Lipinski definition) is 4. The van der Waals surface area contributed by atoms with Crippen molar-refractivity contribution in [2.24, 2.45) is 0 Å². The normalized spacial score (nSPS) is 10.7. The first-order valence-corrected chi connectivity index (χ1v) is 10.9. The number of hydrogen-bond donors (Lipinski definition) is 1. The smallest absolute Gasteiger partial charge is 0.226 e. The summed E-state index contributed by atoms with van der Waals surface area (Å²) in [7, 11) is 0. The first-order chi connectivity index (χ1) is 13.5. The van der Waals surface area contributed by atoms with Crippen LogP contribution in [0.5, 0.6) is 5.75 Å². The second kappa shape index (κ2) is 10.3. The molecule has 3 rings (SSSR count). The van der Waals surface area contributed by atoms with Gasteiger partial charge >= 0.3 is 0 Å². The lowest BCUT2D eigenvalue weighted by Crippen LogP contribution is -2.12. The van der Waals surface area contributed by atoms with Gasteiger partial charge in [0.15, 0.2) is 5.13 Å². The van der Waals surface area contributed by atoms with Gasteiger partial charge in [-0.25, -0.2) is 4.98 Å². The van der Waals surface area contributed by atoms with Crippen LogP contribution in [0.2, 0.25) is 10.0 Å². The van der Waals surface area contributed by atoms with Crippen molar-refractivity contribution in [3.05, 3.63) is 73.6 Å². The van der Waals surface area contributed by atoms with Crippen LogP contribution in [0, 0.1) is 0 Å². The lowest BCUT2D eigenvalue weighted by molar-refractivity contribution is -0.116. The Balaban J connectivity index is 1.43. The number of carbonyl (C=O) groups excluding carboxylic acids is 1. The molecule has 0 spiro atoms. The van der Waals surface area contributed by atoms with Crippen LogP contribution in [0.3, 0.4) is 0 Å². The number of halogens is 3. The van der Waals surface area contributed by atoms with E-state index in [4.69, 9.17) is 27.9 Å². The number of amides is 1. The van der Waals surface area contributed by atoms with Gasteiger partial charge in [0.25, 0.3) is 0 Å². The summed E-state index contributed by atoms with van der Waals surface area (Å²) in [5, 5.41) is 4.71. The minimum atomic E-state index is -0.0823. The standard InChI is InChI=1S/C20H17BrCl2N2O2S/c21-14-3-6-16(7-4-14)27-9-1-2-19(26)25-20-24-12-17(28-20)11-13-10-15(22)5-8-18(13)23/h3-8,10,12H,1-2,9,11H2,(H,24,25,26). The van der Waals surface area contributed by atoms with Gasteiger partial charge in [-0.1, -0.05) is 39.1 Å². The molecular weight excluding hydrogens is 483 g/mol. The Hall–Kier alpha value is -1.60. The van der Waals surface area contributed by atoms with E-state index in [1.54, 1.807) is 18.3 Å². The van der Waals surface area contributed by atoms with Gasteiger partial charge in [0.1, 0.15) is 5.75 Å². The molecule has 2 aromatic carbocycles. The zero-order valence-electron chi connectivity index (χ0n) is 14.8. The molecule has 8 heteroatoms. The minimum absolute atomic E-state index is 0.0823. The second-order valence-corrected chi connectivity index (χ2v) is 8.87. The van der Waals surface area contributed by atoms with Gasteiger partial charge in [-0.05, 0) is 54.4 Å². The van der Waals surface area contributed by atoms with E-state index < -0.39 is 0 Å². The molecule has 4 nitrogen and oxygen atoms in total. The quantitative estimate of drug-likeness (QED) is 0.355. The summed E-state index contributed by atoms with van der Waals surface area (Å²) in [5.74, 6) is 0.703. The SMILES string of the molecule is O=C(CCCOc1ccc(Br)cc1)Nc1ncc(Cc2cc(Cl)ccc2Cl)s1. The van der Waals surface area contributed by atoms with Crippen LogP contribution < -0.4 is 10.1 Å². The molecule has 0 aliphatic heterocycles. The molecule has 0 saturated carbocycles. The molecule has 0 radical (unpaired) electrons. The maximum atomic E-state index is 12.1. The van der Waals surface area contributed by atoms with Gasteiger partial charge in [0, 0.05) is 38.4 Å². The number of thiazole rings is 1. The summed E-state index contributed by atoms with van der Waals surface area (Å²) < 4.78 is 6.62. The van der Waals surface area contributed by atoms with E-state index in [1.165, 1.54) is 11.3 Å². The number of nitrogens with zero attached hydrogens (tertiary/aromatic N) is 1. The Morgan fingerprint density at radius 2 is 1.96 bits per heavy atom. The molecule has 146 valence electrons. The van der Waals surface area contributed by atoms with Gasteiger partial charge in [-0.2, -0.15) is 0 Å². The lowest BCUT2D eigenvalue weighted by Gasteiger charge is -2.06. The molecule has 0 aliphatic carbocycles. The summed E-state index contributed by atoms with van der Waals surface area (Å²) in [5.41, 5.74) is 0.931. The summed E-state index contributed by atoms with van der Waals surface area (Å²) in [4.78, 5) is 17.4. The third-order valence-corrected chi connectivity index (χ3v) is 5.85. The lowest BCUT2D eigenvalue weighted by atomic mass is 10.1. The topological polar surface area (TPSA) is 51.2 Å². The number of nitrogens with one attached hydrogen (secondary N) is 1. The molecule has 28 heavy (non-hydrogen) atoms. The molecule has 1 aromatic heterocycles. The minimum Gasteiger partial charge on any atom is -0.494 e. The number of anilines is 1. The van der Waals surface area contributed by atoms with Gasteiger partial charge in [0.05, 0.1) is 6.61 Å². The predicted octanol–water partition coefficient (Wildman–Crippen LogP) is 6.60. The molecule has 0 fully saturated rings. The molecule has 0 unspecified atom stereocenters. The molecule has 0 atom stereocenters. The van der Waals surface area contributed by atoms with Crippen molar-refractivity contribution in [1.29, 1.82) is 0 Å². The molecule has 1 N–H and O–H groups in total. The Kier molecular flexibility index (Phi) is 7.73. The van der Waals surface area contributed by atoms with Crippen molar-refractivity contribution in [3.8, 4) is 5.75 Å². The number of benzene rings is 2. The van der Waals surface area contributed by atoms with Crippen molar-refractivity contribution in [1.82, 2.24) is 4.98 Å². The fraction of sp³-hybridized carbons (Fsp3) is 0.200. The fourth-order valence-electron chi connectivity index (χ4n) is 2.45. The van der Waals surface area contributed by atoms with Gasteiger partial charge in [-0.3, -0.25) is 4.79 Å². The fourth-order valence-corrected chi connectivity index (χ4v) is 3.94. The highest BCUT2D eigenvalue weighted by Crippen LogP contribution is 2.27. The number of ether oxygens (including phenoxy) is 1. The van der Waals surface area contributed by atoms with Crippen molar-refractivity contribution >= 4 is 61.5 Å². The first-order valence-electron chi connectivity index (χ1n) is 8.56. The van der Waals surface area contributed by atoms with Crippen LogP contribution in [0.15, 0.2) is 53.1 Å². The molecule has 0 bridgehead atoms. The maximum absolute atomic E-state index is 12.1. The second-order valence-electron chi connectivity index (χ2n) is 6.00. The van der Waals surface area contributed by atoms with Crippen LogP contribution >= 0.6 is 50.5 Å². The zero-order valence-corrected chi connectivity index (χ0v) is 18.7. The average molecular weight is 500 g/mol. The summed E-state index contributed by atoms with van der Waals surface area (Å²) in [6.07, 6.45) is 3.35. The van der Waals surface area contributed by atoms with Crippen LogP contribution in [-0.2, 0) is 11.2 Å². The van der Waals surface area contributed by atoms with Gasteiger partial charge < -0.3 is 10.1 Å². The molecular formula is C20H17BrCl2N2O2S. The Morgan fingerprint density at radius 3 is 2.75 bits per heavy atom. The van der Waals surface area contributed by atoms with E-state index in [-0.39, 0.29) is 5.91 Å². The van der Waals surface area contributed by atoms with Crippen LogP contribution in [0.1, 0.15) is 23.3 Å². The molecule has 1 heterocycles. The Morgan fingerprint density at radius 1 is 1.18 bits per heavy atom. The molecule has 0 saturated heterocycles. The van der Waals surface area contributed by atoms with Crippen molar-refractivity contribution in [3.63, 3.8) is 0 Å². The summed E-state index contributed by atoms with van der Waals surface area (Å²) in [6.45, 7) is 0.478. The van der Waals surface area contributed by atoms with E-state index in [0.29, 0.717) is 41.0 Å². The van der Waals surface area contributed by atoms with E-state index in [9.17, 15) is 4.79 Å². The summed E-state index contributed by atoms with van der Waals surface area (Å²) in [6, 6.07) is 13.0. The summed E-state index contributed by atoms with van der Waals surface area (Å²) >= 11 is 17.0. The van der Waals surface area contributed by atoms with Crippen molar-refractivity contribution < 1.29 is 9.53 Å². The monoisotopic (exact) mass is 498 g/mol. The number of carbonyl (C=O) groups is 1. The van der Waals surface area contributed by atoms with E-state index in [2.05, 4.69) is 26.2 Å². The van der Waals surface area contributed by atoms with Crippen molar-refractivity contribution in [2.45, 2.75) is 19.3 Å². The van der Waals surface area contributed by atoms with E-state index in [0.717, 1.165) is 20.7 Å². The predicted molar refractivity (Wildman–Crippen MR) is 119 cm³/mol. The highest BCUT2D eigenvalue weighted by atomic mass is 79.9. The third kappa shape index (κ3) is 6.48. The maximum Gasteiger partial charge on any atom is 0.226 e. The third-order valence-electron chi connectivity index (χ3n) is 3.80. The highest BCUT2D eigenvalue weighted by molar-refractivity contribution is 9.10. The molecule has 3 aromatic rings. The average Bonchev–Trinajstić information content (AvgIpc) is 3.10. The first kappa shape index (κ1) is 21.1. The van der Waals surface area contributed by atoms with E-state index in [1.807, 2.05) is 30.3 Å². The van der Waals surface area contributed by atoms with Gasteiger partial charge in [-0.15, -0.1) is 11.3 Å². The van der Waals surface area contributed by atoms with Gasteiger partial charge in [0.2, 0.25) is 5.91 Å². The largest absolute Gasteiger partial charge is 0.494 e. The highest BCUT2D eigenvalue weighted by Gasteiger charge is 2.09. The Bertz CT molecular complexity index is 948. The molecule has 1 amide bonds. The van der Waals surface area contributed by atoms with Crippen LogP contribution in [0.25, 0.3) is 0 Å². The zero-order chi connectivity index (χ0) is 19.9. The number of aromatic nitrogens is 1. The van der Waals surface area contributed by atoms with Crippen molar-refractivity contribution in [2.75, 3.05) is 11.9 Å². The van der Waals surface area contributed by atoms with E-state index >= 15 is 0 Å². The Labute approximate surface area is 186 Å². The van der Waals surface area contributed by atoms with Crippen LogP contribution in [-0.4, -0.2) is 17.5 Å². The van der Waals surface area contributed by atoms with Crippen LogP contribution in [0.4, 0.5) is 5.13 Å².